The summed E-state index contributed by atoms with van der Waals surface area (Å²) in [4.78, 5) is 0. The number of aryl methyl sites for hydroxylation is 1. The third-order valence-corrected chi connectivity index (χ3v) is 3.14. The number of aromatic hydroxyl groups is 1. The lowest BCUT2D eigenvalue weighted by Crippen LogP contribution is -1.99. The first-order chi connectivity index (χ1) is 9.58. The third-order valence-electron chi connectivity index (χ3n) is 3.14. The zero-order valence-electron chi connectivity index (χ0n) is 10.9. The lowest BCUT2D eigenvalue weighted by Gasteiger charge is -2.13. The highest BCUT2D eigenvalue weighted by molar-refractivity contribution is 5.78. The Hall–Kier alpha value is -2.44. The molecule has 2 aromatic rings. The van der Waals surface area contributed by atoms with Gasteiger partial charge in [0.2, 0.25) is 0 Å². The smallest absolute Gasteiger partial charge is 0.174 e. The van der Waals surface area contributed by atoms with E-state index < -0.39 is 11.6 Å². The molecule has 0 unspecified atom stereocenters. The Balaban J connectivity index is 2.25. The highest BCUT2D eigenvalue weighted by atomic mass is 19.1. The second-order valence-corrected chi connectivity index (χ2v) is 4.54. The fourth-order valence-corrected chi connectivity index (χ4v) is 2.11. The van der Waals surface area contributed by atoms with Crippen LogP contribution in [0.1, 0.15) is 6.42 Å². The van der Waals surface area contributed by atoms with Gasteiger partial charge in [-0.25, -0.2) is 4.39 Å². The maximum absolute atomic E-state index is 13.8. The molecular formula is C13H14FN3O3. The van der Waals surface area contributed by atoms with Gasteiger partial charge in [0, 0.05) is 25.6 Å². The van der Waals surface area contributed by atoms with Crippen molar-refractivity contribution in [3.05, 3.63) is 17.9 Å². The molecule has 0 radical (unpaired) electrons. The zero-order chi connectivity index (χ0) is 14.3. The van der Waals surface area contributed by atoms with E-state index in [2.05, 4.69) is 5.10 Å². The van der Waals surface area contributed by atoms with Crippen LogP contribution in [0.25, 0.3) is 11.3 Å². The Bertz CT molecular complexity index is 650. The second kappa shape index (κ2) is 4.59. The molecular weight excluding hydrogens is 265 g/mol. The van der Waals surface area contributed by atoms with Crippen molar-refractivity contribution in [2.24, 2.45) is 7.05 Å². The van der Waals surface area contributed by atoms with Gasteiger partial charge in [0.15, 0.2) is 23.1 Å². The van der Waals surface area contributed by atoms with Gasteiger partial charge in [0.1, 0.15) is 11.5 Å². The van der Waals surface area contributed by atoms with Gasteiger partial charge in [-0.3, -0.25) is 4.68 Å². The van der Waals surface area contributed by atoms with Gasteiger partial charge in [0.25, 0.3) is 0 Å². The molecule has 0 fully saturated rings. The molecule has 0 bridgehead atoms. The van der Waals surface area contributed by atoms with Gasteiger partial charge in [-0.1, -0.05) is 0 Å². The van der Waals surface area contributed by atoms with Crippen molar-refractivity contribution < 1.29 is 19.0 Å². The van der Waals surface area contributed by atoms with Crippen LogP contribution < -0.4 is 15.2 Å². The first-order valence-corrected chi connectivity index (χ1v) is 6.19. The normalized spacial score (nSPS) is 14.1. The predicted octanol–water partition coefficient (Wildman–Crippen LogP) is 1.68. The van der Waals surface area contributed by atoms with Crippen molar-refractivity contribution in [2.45, 2.75) is 6.42 Å². The van der Waals surface area contributed by atoms with Crippen molar-refractivity contribution in [1.82, 2.24) is 9.78 Å². The number of rotatable bonds is 1. The molecule has 7 heteroatoms. The van der Waals surface area contributed by atoms with Crippen LogP contribution in [0.15, 0.2) is 12.1 Å². The van der Waals surface area contributed by atoms with Gasteiger partial charge in [-0.15, -0.1) is 0 Å². The molecule has 0 aliphatic carbocycles. The number of nitrogen functional groups attached to an aromatic ring is 1. The van der Waals surface area contributed by atoms with Crippen LogP contribution in [-0.4, -0.2) is 28.1 Å². The van der Waals surface area contributed by atoms with Gasteiger partial charge in [-0.05, 0) is 0 Å². The second-order valence-electron chi connectivity index (χ2n) is 4.54. The summed E-state index contributed by atoms with van der Waals surface area (Å²) in [5, 5.41) is 14.1. The molecule has 1 aliphatic heterocycles. The third kappa shape index (κ3) is 1.91. The minimum atomic E-state index is -0.784. The average molecular weight is 279 g/mol. The number of nitrogens with two attached hydrogens (primary N) is 1. The maximum Gasteiger partial charge on any atom is 0.174 e. The summed E-state index contributed by atoms with van der Waals surface area (Å²) in [5.41, 5.74) is 6.22. The molecule has 6 nitrogen and oxygen atoms in total. The van der Waals surface area contributed by atoms with Crippen LogP contribution in [0.4, 0.5) is 10.2 Å². The molecule has 0 saturated heterocycles. The molecule has 106 valence electrons. The van der Waals surface area contributed by atoms with Gasteiger partial charge >= 0.3 is 0 Å². The highest BCUT2D eigenvalue weighted by Gasteiger charge is 2.25. The molecule has 3 rings (SSSR count). The first-order valence-electron chi connectivity index (χ1n) is 6.19. The van der Waals surface area contributed by atoms with Crippen molar-refractivity contribution in [1.29, 1.82) is 0 Å². The Morgan fingerprint density at radius 3 is 2.80 bits per heavy atom. The van der Waals surface area contributed by atoms with E-state index in [-0.39, 0.29) is 11.3 Å². The van der Waals surface area contributed by atoms with Gasteiger partial charge in [0.05, 0.1) is 18.8 Å². The Morgan fingerprint density at radius 2 is 2.10 bits per heavy atom. The van der Waals surface area contributed by atoms with E-state index in [1.807, 2.05) is 0 Å². The minimum absolute atomic E-state index is 0.161. The summed E-state index contributed by atoms with van der Waals surface area (Å²) in [6.45, 7) is 0.856. The van der Waals surface area contributed by atoms with Crippen molar-refractivity contribution in [2.75, 3.05) is 18.9 Å². The van der Waals surface area contributed by atoms with Gasteiger partial charge < -0.3 is 20.3 Å². The minimum Gasteiger partial charge on any atom is -0.504 e. The first kappa shape index (κ1) is 12.6. The number of hydrogen-bond donors (Lipinski definition) is 2. The SMILES string of the molecule is Cn1nc(-c2c(O)c(F)cc3c2OCCCO3)cc1N. The van der Waals surface area contributed by atoms with Crippen LogP contribution in [0.5, 0.6) is 17.2 Å². The number of halogens is 1. The summed E-state index contributed by atoms with van der Waals surface area (Å²) >= 11 is 0. The molecule has 0 saturated carbocycles. The van der Waals surface area contributed by atoms with Crippen molar-refractivity contribution in [3.63, 3.8) is 0 Å². The van der Waals surface area contributed by atoms with E-state index in [1.54, 1.807) is 13.1 Å². The summed E-state index contributed by atoms with van der Waals surface area (Å²) in [7, 11) is 1.66. The van der Waals surface area contributed by atoms with Crippen LogP contribution >= 0.6 is 0 Å². The van der Waals surface area contributed by atoms with Crippen molar-refractivity contribution in [3.8, 4) is 28.5 Å². The molecule has 0 atom stereocenters. The zero-order valence-corrected chi connectivity index (χ0v) is 10.9. The van der Waals surface area contributed by atoms with E-state index in [0.29, 0.717) is 36.9 Å². The molecule has 1 aliphatic rings. The fraction of sp³-hybridized carbons (Fsp3) is 0.308. The Labute approximate surface area is 114 Å². The summed E-state index contributed by atoms with van der Waals surface area (Å²) in [6, 6.07) is 2.66. The van der Waals surface area contributed by atoms with E-state index in [1.165, 1.54) is 4.68 Å². The van der Waals surface area contributed by atoms with Crippen molar-refractivity contribution >= 4 is 5.82 Å². The number of benzene rings is 1. The molecule has 2 heterocycles. The van der Waals surface area contributed by atoms with E-state index >= 15 is 0 Å². The largest absolute Gasteiger partial charge is 0.504 e. The van der Waals surface area contributed by atoms with E-state index in [4.69, 9.17) is 15.2 Å². The number of fused-ring (bicyclic) bond motifs is 1. The average Bonchev–Trinajstić information content (AvgIpc) is 2.62. The lowest BCUT2D eigenvalue weighted by atomic mass is 10.1. The number of phenolic OH excluding ortho intramolecular Hbond substituents is 1. The lowest BCUT2D eigenvalue weighted by molar-refractivity contribution is 0.297. The number of ether oxygens (including phenoxy) is 2. The van der Waals surface area contributed by atoms with E-state index in [0.717, 1.165) is 6.07 Å². The monoisotopic (exact) mass is 279 g/mol. The summed E-state index contributed by atoms with van der Waals surface area (Å²) in [5.74, 6) is -0.357. The molecule has 0 spiro atoms. The van der Waals surface area contributed by atoms with Crippen LogP contribution in [0.3, 0.4) is 0 Å². The topological polar surface area (TPSA) is 82.5 Å². The fourth-order valence-electron chi connectivity index (χ4n) is 2.11. The molecule has 0 amide bonds. The highest BCUT2D eigenvalue weighted by Crippen LogP contribution is 2.46. The number of aromatic nitrogens is 2. The van der Waals surface area contributed by atoms with Crippen LogP contribution in [-0.2, 0) is 7.05 Å². The Morgan fingerprint density at radius 1 is 1.35 bits per heavy atom. The molecule has 20 heavy (non-hydrogen) atoms. The number of phenols is 1. The molecule has 1 aromatic carbocycles. The predicted molar refractivity (Wildman–Crippen MR) is 70.3 cm³/mol. The number of hydrogen-bond acceptors (Lipinski definition) is 5. The van der Waals surface area contributed by atoms with E-state index in [9.17, 15) is 9.50 Å². The summed E-state index contributed by atoms with van der Waals surface area (Å²) < 4.78 is 26.3. The molecule has 3 N–H and O–H groups in total. The van der Waals surface area contributed by atoms with Gasteiger partial charge in [-0.2, -0.15) is 5.10 Å². The standard InChI is InChI=1S/C13H14FN3O3/c1-17-10(15)6-8(16-17)11-12(18)7(14)5-9-13(11)20-4-2-3-19-9/h5-6,18H,2-4,15H2,1H3. The quantitative estimate of drug-likeness (QED) is 0.829. The Kier molecular flexibility index (Phi) is 2.89. The van der Waals surface area contributed by atoms with Crippen LogP contribution in [0.2, 0.25) is 0 Å². The summed E-state index contributed by atoms with van der Waals surface area (Å²) in [6.07, 6.45) is 0.681. The number of nitrogens with zero attached hydrogens (tertiary/aromatic N) is 2. The number of anilines is 1. The van der Waals surface area contributed by atoms with Crippen LogP contribution in [0, 0.1) is 5.82 Å². The maximum atomic E-state index is 13.8. The molecule has 1 aromatic heterocycles.